The van der Waals surface area contributed by atoms with Crippen molar-refractivity contribution < 1.29 is 0 Å². The van der Waals surface area contributed by atoms with E-state index >= 15 is 0 Å². The van der Waals surface area contributed by atoms with Crippen LogP contribution in [0.2, 0.25) is 0 Å². The summed E-state index contributed by atoms with van der Waals surface area (Å²) in [7, 11) is 4.11. The molecule has 0 spiro atoms. The van der Waals surface area contributed by atoms with E-state index in [1.807, 2.05) is 0 Å². The van der Waals surface area contributed by atoms with Crippen molar-refractivity contribution in [2.75, 3.05) is 20.6 Å². The lowest BCUT2D eigenvalue weighted by Crippen LogP contribution is -2.61. The zero-order chi connectivity index (χ0) is 10.6. The molecule has 14 heavy (non-hydrogen) atoms. The number of nitrogens with one attached hydrogen (secondary N) is 1. The first-order valence-electron chi connectivity index (χ1n) is 5.80. The summed E-state index contributed by atoms with van der Waals surface area (Å²) in [4.78, 5) is 0. The van der Waals surface area contributed by atoms with Crippen molar-refractivity contribution >= 4 is 0 Å². The Kier molecular flexibility index (Phi) is 4.35. The van der Waals surface area contributed by atoms with Crippen molar-refractivity contribution in [1.82, 2.24) is 10.4 Å². The molecule has 1 aliphatic rings. The van der Waals surface area contributed by atoms with Gasteiger partial charge >= 0.3 is 0 Å². The lowest BCUT2D eigenvalue weighted by Gasteiger charge is -2.45. The molecule has 0 saturated heterocycles. The fourth-order valence-electron chi connectivity index (χ4n) is 2.81. The third-order valence-electron chi connectivity index (χ3n) is 3.51. The molecule has 1 aliphatic carbocycles. The first-order chi connectivity index (χ1) is 6.64. The van der Waals surface area contributed by atoms with Crippen LogP contribution in [0.1, 0.15) is 39.0 Å². The summed E-state index contributed by atoms with van der Waals surface area (Å²) in [6.07, 6.45) is 6.47. The van der Waals surface area contributed by atoms with Crippen molar-refractivity contribution in [3.63, 3.8) is 0 Å². The Hall–Kier alpha value is -0.120. The largest absolute Gasteiger partial charge is 0.329 e. The average Bonchev–Trinajstić information content (AvgIpc) is 2.17. The minimum absolute atomic E-state index is 0.163. The molecule has 3 nitrogen and oxygen atoms in total. The maximum absolute atomic E-state index is 5.96. The Balaban J connectivity index is 2.70. The fraction of sp³-hybridized carbons (Fsp3) is 1.00. The highest BCUT2D eigenvalue weighted by atomic mass is 15.5. The molecule has 0 aromatic rings. The molecular formula is C11H25N3. The third-order valence-corrected chi connectivity index (χ3v) is 3.51. The van der Waals surface area contributed by atoms with E-state index in [2.05, 4.69) is 31.5 Å². The smallest absolute Gasteiger partial charge is 0.0475 e. The van der Waals surface area contributed by atoms with Crippen LogP contribution in [-0.2, 0) is 0 Å². The van der Waals surface area contributed by atoms with Gasteiger partial charge in [-0.15, -0.1) is 0 Å². The first kappa shape index (κ1) is 12.0. The predicted octanol–water partition coefficient (Wildman–Crippen LogP) is 1.35. The first-order valence-corrected chi connectivity index (χ1v) is 5.80. The van der Waals surface area contributed by atoms with Crippen molar-refractivity contribution in [2.24, 2.45) is 11.7 Å². The molecule has 3 N–H and O–H groups in total. The van der Waals surface area contributed by atoms with Gasteiger partial charge in [-0.1, -0.05) is 26.2 Å². The Morgan fingerprint density at radius 1 is 1.43 bits per heavy atom. The van der Waals surface area contributed by atoms with E-state index in [-0.39, 0.29) is 5.54 Å². The van der Waals surface area contributed by atoms with Gasteiger partial charge < -0.3 is 5.73 Å². The van der Waals surface area contributed by atoms with Crippen LogP contribution < -0.4 is 11.2 Å². The molecule has 0 heterocycles. The topological polar surface area (TPSA) is 41.3 Å². The zero-order valence-corrected chi connectivity index (χ0v) is 9.84. The molecular weight excluding hydrogens is 174 g/mol. The number of nitrogens with zero attached hydrogens (tertiary/aromatic N) is 1. The van der Waals surface area contributed by atoms with Crippen LogP contribution in [0.5, 0.6) is 0 Å². The zero-order valence-electron chi connectivity index (χ0n) is 9.84. The molecule has 0 bridgehead atoms. The van der Waals surface area contributed by atoms with E-state index in [9.17, 15) is 0 Å². The average molecular weight is 199 g/mol. The molecule has 0 radical (unpaired) electrons. The van der Waals surface area contributed by atoms with Crippen LogP contribution in [0.25, 0.3) is 0 Å². The van der Waals surface area contributed by atoms with Crippen LogP contribution >= 0.6 is 0 Å². The van der Waals surface area contributed by atoms with Crippen LogP contribution in [0, 0.1) is 5.92 Å². The van der Waals surface area contributed by atoms with E-state index in [1.165, 1.54) is 32.1 Å². The minimum Gasteiger partial charge on any atom is -0.329 e. The van der Waals surface area contributed by atoms with E-state index in [4.69, 9.17) is 5.73 Å². The number of hydrogen-bond donors (Lipinski definition) is 2. The molecule has 1 rings (SSSR count). The van der Waals surface area contributed by atoms with Gasteiger partial charge in [0.25, 0.3) is 0 Å². The number of nitrogens with two attached hydrogens (primary N) is 1. The molecule has 2 atom stereocenters. The monoisotopic (exact) mass is 199 g/mol. The molecule has 0 aromatic carbocycles. The second-order valence-corrected chi connectivity index (χ2v) is 4.72. The highest BCUT2D eigenvalue weighted by Gasteiger charge is 2.38. The predicted molar refractivity (Wildman–Crippen MR) is 60.9 cm³/mol. The Bertz CT molecular complexity index is 170. The molecule has 0 aromatic heterocycles. The quantitative estimate of drug-likeness (QED) is 0.672. The molecule has 0 amide bonds. The van der Waals surface area contributed by atoms with Gasteiger partial charge in [-0.25, -0.2) is 5.43 Å². The van der Waals surface area contributed by atoms with Gasteiger partial charge in [-0.3, -0.25) is 5.01 Å². The van der Waals surface area contributed by atoms with Crippen molar-refractivity contribution in [3.8, 4) is 0 Å². The second kappa shape index (κ2) is 5.10. The normalized spacial score (nSPS) is 33.6. The maximum atomic E-state index is 5.96. The summed E-state index contributed by atoms with van der Waals surface area (Å²) >= 11 is 0. The SMILES string of the molecule is CCC1CCCCC1(CN)NN(C)C. The van der Waals surface area contributed by atoms with E-state index in [0.717, 1.165) is 12.5 Å². The van der Waals surface area contributed by atoms with Crippen molar-refractivity contribution in [2.45, 2.75) is 44.6 Å². The molecule has 3 heteroatoms. The number of hydrazine groups is 1. The number of hydrogen-bond acceptors (Lipinski definition) is 3. The lowest BCUT2D eigenvalue weighted by molar-refractivity contribution is 0.0662. The highest BCUT2D eigenvalue weighted by Crippen LogP contribution is 2.35. The maximum Gasteiger partial charge on any atom is 0.0475 e. The lowest BCUT2D eigenvalue weighted by atomic mass is 9.72. The van der Waals surface area contributed by atoms with Gasteiger partial charge in [0, 0.05) is 26.2 Å². The van der Waals surface area contributed by atoms with Crippen LogP contribution in [-0.4, -0.2) is 31.2 Å². The molecule has 84 valence electrons. The second-order valence-electron chi connectivity index (χ2n) is 4.72. The standard InChI is InChI=1S/C11H25N3/c1-4-10-7-5-6-8-11(10,9-12)13-14(2)3/h10,13H,4-9,12H2,1-3H3. The highest BCUT2D eigenvalue weighted by molar-refractivity contribution is 4.96. The minimum atomic E-state index is 0.163. The molecule has 1 fully saturated rings. The Morgan fingerprint density at radius 2 is 2.14 bits per heavy atom. The Morgan fingerprint density at radius 3 is 2.64 bits per heavy atom. The van der Waals surface area contributed by atoms with Crippen LogP contribution in [0.3, 0.4) is 0 Å². The summed E-state index contributed by atoms with van der Waals surface area (Å²) < 4.78 is 0. The van der Waals surface area contributed by atoms with Gasteiger partial charge in [-0.2, -0.15) is 0 Å². The molecule has 2 unspecified atom stereocenters. The van der Waals surface area contributed by atoms with E-state index in [0.29, 0.717) is 0 Å². The molecule has 0 aliphatic heterocycles. The van der Waals surface area contributed by atoms with Crippen molar-refractivity contribution in [1.29, 1.82) is 0 Å². The molecule has 1 saturated carbocycles. The van der Waals surface area contributed by atoms with Crippen LogP contribution in [0.4, 0.5) is 0 Å². The summed E-state index contributed by atoms with van der Waals surface area (Å²) in [5.41, 5.74) is 9.68. The van der Waals surface area contributed by atoms with Gasteiger partial charge in [-0.05, 0) is 18.8 Å². The van der Waals surface area contributed by atoms with Gasteiger partial charge in [0.15, 0.2) is 0 Å². The third kappa shape index (κ3) is 2.47. The fourth-order valence-corrected chi connectivity index (χ4v) is 2.81. The van der Waals surface area contributed by atoms with Gasteiger partial charge in [0.1, 0.15) is 0 Å². The van der Waals surface area contributed by atoms with E-state index < -0.39 is 0 Å². The van der Waals surface area contributed by atoms with Crippen molar-refractivity contribution in [3.05, 3.63) is 0 Å². The Labute approximate surface area is 88.0 Å². The summed E-state index contributed by atoms with van der Waals surface area (Å²) in [5.74, 6) is 0.739. The van der Waals surface area contributed by atoms with Gasteiger partial charge in [0.2, 0.25) is 0 Å². The van der Waals surface area contributed by atoms with E-state index in [1.54, 1.807) is 0 Å². The number of rotatable bonds is 4. The van der Waals surface area contributed by atoms with Gasteiger partial charge in [0.05, 0.1) is 0 Å². The van der Waals surface area contributed by atoms with Crippen LogP contribution in [0.15, 0.2) is 0 Å². The summed E-state index contributed by atoms with van der Waals surface area (Å²) in [6.45, 7) is 3.03. The summed E-state index contributed by atoms with van der Waals surface area (Å²) in [6, 6.07) is 0. The summed E-state index contributed by atoms with van der Waals surface area (Å²) in [5, 5.41) is 2.06.